The number of hydrogen-bond acceptors (Lipinski definition) is 4. The second kappa shape index (κ2) is 7.83. The van der Waals surface area contributed by atoms with Crippen molar-refractivity contribution in [3.8, 4) is 0 Å². The SMILES string of the molecule is C[C@@H](C(=O)NCC1CCCN1C(=O)c1ccc2cccnc2c1)N(C)C. The van der Waals surface area contributed by atoms with Gasteiger partial charge in [0.15, 0.2) is 0 Å². The summed E-state index contributed by atoms with van der Waals surface area (Å²) < 4.78 is 0. The molecule has 138 valence electrons. The number of fused-ring (bicyclic) bond motifs is 1. The van der Waals surface area contributed by atoms with Crippen LogP contribution in [0.4, 0.5) is 0 Å². The Kier molecular flexibility index (Phi) is 5.52. The molecule has 1 aliphatic heterocycles. The summed E-state index contributed by atoms with van der Waals surface area (Å²) in [6.07, 6.45) is 3.60. The first-order valence-electron chi connectivity index (χ1n) is 9.07. The van der Waals surface area contributed by atoms with E-state index < -0.39 is 0 Å². The van der Waals surface area contributed by atoms with Crippen LogP contribution in [0.25, 0.3) is 10.9 Å². The van der Waals surface area contributed by atoms with Crippen LogP contribution in [0.2, 0.25) is 0 Å². The van der Waals surface area contributed by atoms with Crippen molar-refractivity contribution >= 4 is 22.7 Å². The van der Waals surface area contributed by atoms with Gasteiger partial charge in [-0.2, -0.15) is 0 Å². The maximum Gasteiger partial charge on any atom is 0.254 e. The minimum Gasteiger partial charge on any atom is -0.353 e. The summed E-state index contributed by atoms with van der Waals surface area (Å²) in [5.74, 6) is -0.000774. The predicted octanol–water partition coefficient (Wildman–Crippen LogP) is 1.91. The van der Waals surface area contributed by atoms with E-state index in [4.69, 9.17) is 0 Å². The minimum absolute atomic E-state index is 0.00922. The van der Waals surface area contributed by atoms with Crippen LogP contribution in [0.15, 0.2) is 36.5 Å². The number of likely N-dealkylation sites (N-methyl/N-ethyl adjacent to an activating group) is 1. The molecule has 1 N–H and O–H groups in total. The Bertz CT molecular complexity index is 805. The third kappa shape index (κ3) is 3.85. The number of carbonyl (C=O) groups is 2. The highest BCUT2D eigenvalue weighted by Gasteiger charge is 2.30. The second-order valence-corrected chi connectivity index (χ2v) is 7.09. The predicted molar refractivity (Wildman–Crippen MR) is 102 cm³/mol. The quantitative estimate of drug-likeness (QED) is 0.891. The van der Waals surface area contributed by atoms with E-state index >= 15 is 0 Å². The molecule has 0 bridgehead atoms. The Hall–Kier alpha value is -2.47. The molecule has 2 heterocycles. The molecular formula is C20H26N4O2. The molecule has 0 spiro atoms. The highest BCUT2D eigenvalue weighted by Crippen LogP contribution is 2.21. The van der Waals surface area contributed by atoms with Crippen LogP contribution < -0.4 is 5.32 Å². The number of hydrogen-bond donors (Lipinski definition) is 1. The maximum atomic E-state index is 13.0. The number of benzene rings is 1. The summed E-state index contributed by atoms with van der Waals surface area (Å²) in [4.78, 5) is 33.2. The molecule has 0 saturated carbocycles. The largest absolute Gasteiger partial charge is 0.353 e. The number of nitrogens with zero attached hydrogens (tertiary/aromatic N) is 3. The molecule has 2 atom stereocenters. The second-order valence-electron chi connectivity index (χ2n) is 7.09. The van der Waals surface area contributed by atoms with Crippen molar-refractivity contribution in [1.82, 2.24) is 20.1 Å². The number of amides is 2. The summed E-state index contributed by atoms with van der Waals surface area (Å²) in [6, 6.07) is 9.36. The van der Waals surface area contributed by atoms with Crippen molar-refractivity contribution in [2.45, 2.75) is 31.8 Å². The van der Waals surface area contributed by atoms with Crippen LogP contribution >= 0.6 is 0 Å². The van der Waals surface area contributed by atoms with E-state index in [1.807, 2.05) is 61.2 Å². The zero-order valence-corrected chi connectivity index (χ0v) is 15.6. The minimum atomic E-state index is -0.188. The normalized spacial score (nSPS) is 18.3. The lowest BCUT2D eigenvalue weighted by Crippen LogP contribution is -2.47. The Morgan fingerprint density at radius 2 is 2.15 bits per heavy atom. The van der Waals surface area contributed by atoms with Gasteiger partial charge in [0.2, 0.25) is 5.91 Å². The standard InChI is InChI=1S/C20H26N4O2/c1-14(23(2)3)19(25)22-13-17-7-5-11-24(17)20(26)16-9-8-15-6-4-10-21-18(15)12-16/h4,6,8-10,12,14,17H,5,7,11,13H2,1-3H3,(H,22,25)/t14-,17?/m0/s1. The van der Waals surface area contributed by atoms with Gasteiger partial charge in [-0.15, -0.1) is 0 Å². The average Bonchev–Trinajstić information content (AvgIpc) is 3.12. The lowest BCUT2D eigenvalue weighted by atomic mass is 10.1. The van der Waals surface area contributed by atoms with Gasteiger partial charge < -0.3 is 10.2 Å². The molecule has 0 radical (unpaired) electrons. The van der Waals surface area contributed by atoms with Gasteiger partial charge in [0.05, 0.1) is 11.6 Å². The van der Waals surface area contributed by atoms with Crippen molar-refractivity contribution in [2.75, 3.05) is 27.2 Å². The van der Waals surface area contributed by atoms with Crippen molar-refractivity contribution in [3.05, 3.63) is 42.1 Å². The summed E-state index contributed by atoms with van der Waals surface area (Å²) in [6.45, 7) is 3.09. The smallest absolute Gasteiger partial charge is 0.254 e. The third-order valence-electron chi connectivity index (χ3n) is 5.16. The zero-order valence-electron chi connectivity index (χ0n) is 15.6. The van der Waals surface area contributed by atoms with E-state index in [1.54, 1.807) is 6.20 Å². The maximum absolute atomic E-state index is 13.0. The molecule has 1 aromatic heterocycles. The zero-order chi connectivity index (χ0) is 18.7. The molecule has 1 aliphatic rings. The Morgan fingerprint density at radius 1 is 1.35 bits per heavy atom. The lowest BCUT2D eigenvalue weighted by Gasteiger charge is -2.26. The molecule has 2 aromatic rings. The van der Waals surface area contributed by atoms with E-state index in [2.05, 4.69) is 10.3 Å². The van der Waals surface area contributed by atoms with Gasteiger partial charge in [-0.05, 0) is 52.1 Å². The fourth-order valence-corrected chi connectivity index (χ4v) is 3.28. The van der Waals surface area contributed by atoms with Gasteiger partial charge in [0.25, 0.3) is 5.91 Å². The Morgan fingerprint density at radius 3 is 2.92 bits per heavy atom. The van der Waals surface area contributed by atoms with Gasteiger partial charge >= 0.3 is 0 Å². The molecule has 2 amide bonds. The van der Waals surface area contributed by atoms with Gasteiger partial charge in [-0.25, -0.2) is 0 Å². The van der Waals surface area contributed by atoms with Crippen LogP contribution in [0.5, 0.6) is 0 Å². The van der Waals surface area contributed by atoms with Crippen molar-refractivity contribution in [2.24, 2.45) is 0 Å². The summed E-state index contributed by atoms with van der Waals surface area (Å²) >= 11 is 0. The van der Waals surface area contributed by atoms with E-state index in [-0.39, 0.29) is 23.9 Å². The number of carbonyl (C=O) groups excluding carboxylic acids is 2. The molecule has 1 fully saturated rings. The summed E-state index contributed by atoms with van der Waals surface area (Å²) in [5, 5.41) is 4.01. The first-order chi connectivity index (χ1) is 12.5. The first-order valence-corrected chi connectivity index (χ1v) is 9.07. The molecule has 26 heavy (non-hydrogen) atoms. The topological polar surface area (TPSA) is 65.5 Å². The fourth-order valence-electron chi connectivity index (χ4n) is 3.28. The molecule has 3 rings (SSSR count). The Labute approximate surface area is 154 Å². The summed E-state index contributed by atoms with van der Waals surface area (Å²) in [5.41, 5.74) is 1.47. The Balaban J connectivity index is 1.68. The van der Waals surface area contributed by atoms with E-state index in [9.17, 15) is 9.59 Å². The monoisotopic (exact) mass is 354 g/mol. The van der Waals surface area contributed by atoms with Crippen LogP contribution in [0.1, 0.15) is 30.1 Å². The van der Waals surface area contributed by atoms with Crippen LogP contribution in [0, 0.1) is 0 Å². The average molecular weight is 354 g/mol. The summed E-state index contributed by atoms with van der Waals surface area (Å²) in [7, 11) is 3.76. The van der Waals surface area contributed by atoms with E-state index in [0.717, 1.165) is 30.3 Å². The third-order valence-corrected chi connectivity index (χ3v) is 5.16. The van der Waals surface area contributed by atoms with Crippen molar-refractivity contribution in [1.29, 1.82) is 0 Å². The van der Waals surface area contributed by atoms with E-state index in [0.29, 0.717) is 12.1 Å². The highest BCUT2D eigenvalue weighted by molar-refractivity contribution is 5.98. The molecule has 1 unspecified atom stereocenters. The highest BCUT2D eigenvalue weighted by atomic mass is 16.2. The van der Waals surface area contributed by atoms with E-state index in [1.165, 1.54) is 0 Å². The number of rotatable bonds is 5. The number of aromatic nitrogens is 1. The van der Waals surface area contributed by atoms with Gasteiger partial charge in [-0.3, -0.25) is 19.5 Å². The first kappa shape index (κ1) is 18.3. The number of pyridine rings is 1. The van der Waals surface area contributed by atoms with Gasteiger partial charge in [-0.1, -0.05) is 12.1 Å². The fraction of sp³-hybridized carbons (Fsp3) is 0.450. The molecule has 1 aromatic carbocycles. The van der Waals surface area contributed by atoms with Gasteiger partial charge in [0, 0.05) is 36.3 Å². The van der Waals surface area contributed by atoms with Crippen LogP contribution in [-0.2, 0) is 4.79 Å². The van der Waals surface area contributed by atoms with Crippen LogP contribution in [0.3, 0.4) is 0 Å². The molecule has 6 nitrogen and oxygen atoms in total. The number of likely N-dealkylation sites (tertiary alicyclic amines) is 1. The molecule has 1 saturated heterocycles. The molecular weight excluding hydrogens is 328 g/mol. The molecule has 0 aliphatic carbocycles. The van der Waals surface area contributed by atoms with Crippen molar-refractivity contribution in [3.63, 3.8) is 0 Å². The van der Waals surface area contributed by atoms with Crippen molar-refractivity contribution < 1.29 is 9.59 Å². The van der Waals surface area contributed by atoms with Gasteiger partial charge in [0.1, 0.15) is 0 Å². The lowest BCUT2D eigenvalue weighted by molar-refractivity contribution is -0.125. The molecule has 6 heteroatoms. The van der Waals surface area contributed by atoms with Crippen LogP contribution in [-0.4, -0.2) is 65.9 Å². The number of nitrogens with one attached hydrogen (secondary N) is 1.